The summed E-state index contributed by atoms with van der Waals surface area (Å²) in [4.78, 5) is 19.8. The Labute approximate surface area is 180 Å². The number of aryl methyl sites for hydroxylation is 1. The number of amides is 1. The summed E-state index contributed by atoms with van der Waals surface area (Å²) in [7, 11) is 3.79. The molecule has 0 radical (unpaired) electrons. The number of fused-ring (bicyclic) bond motifs is 1. The Hall–Kier alpha value is -3.74. The molecule has 0 aliphatic heterocycles. The van der Waals surface area contributed by atoms with E-state index in [0.29, 0.717) is 23.6 Å². The van der Waals surface area contributed by atoms with Crippen molar-refractivity contribution in [3.05, 3.63) is 82.9 Å². The summed E-state index contributed by atoms with van der Waals surface area (Å²) >= 11 is 0. The van der Waals surface area contributed by atoms with Gasteiger partial charge in [-0.3, -0.25) is 9.48 Å². The minimum atomic E-state index is -0.272. The van der Waals surface area contributed by atoms with Crippen molar-refractivity contribution in [2.24, 2.45) is 0 Å². The number of carbonyl (C=O) groups is 1. The number of aromatic nitrogens is 3. The quantitative estimate of drug-likeness (QED) is 0.517. The van der Waals surface area contributed by atoms with Crippen LogP contribution in [0.25, 0.3) is 10.9 Å². The van der Waals surface area contributed by atoms with E-state index < -0.39 is 0 Å². The van der Waals surface area contributed by atoms with Gasteiger partial charge in [-0.2, -0.15) is 5.10 Å². The highest BCUT2D eigenvalue weighted by atomic mass is 19.1. The third-order valence-corrected chi connectivity index (χ3v) is 5.27. The molecule has 0 aliphatic rings. The summed E-state index contributed by atoms with van der Waals surface area (Å²) in [5.74, 6) is 0.227. The molecule has 1 amide bonds. The zero-order valence-electron chi connectivity index (χ0n) is 18.0. The molecule has 0 atom stereocenters. The molecule has 4 rings (SSSR count). The summed E-state index contributed by atoms with van der Waals surface area (Å²) in [5.41, 5.74) is 4.49. The van der Waals surface area contributed by atoms with E-state index in [0.717, 1.165) is 27.9 Å². The SMILES string of the molecule is Cc1nn(Cc2ccc(F)cc2)c(C)c1NC(=O)c1cc(N(C)C)nc2ccccc12. The lowest BCUT2D eigenvalue weighted by Gasteiger charge is -2.15. The highest BCUT2D eigenvalue weighted by molar-refractivity contribution is 6.13. The molecule has 7 heteroatoms. The van der Waals surface area contributed by atoms with Crippen LogP contribution in [0.5, 0.6) is 0 Å². The Morgan fingerprint density at radius 1 is 1.10 bits per heavy atom. The second-order valence-electron chi connectivity index (χ2n) is 7.72. The third-order valence-electron chi connectivity index (χ3n) is 5.27. The fraction of sp³-hybridized carbons (Fsp3) is 0.208. The van der Waals surface area contributed by atoms with E-state index in [4.69, 9.17) is 0 Å². The number of para-hydroxylation sites is 1. The lowest BCUT2D eigenvalue weighted by Crippen LogP contribution is -2.17. The lowest BCUT2D eigenvalue weighted by molar-refractivity contribution is 0.102. The fourth-order valence-electron chi connectivity index (χ4n) is 3.55. The van der Waals surface area contributed by atoms with Crippen molar-refractivity contribution in [3.63, 3.8) is 0 Å². The first-order valence-electron chi connectivity index (χ1n) is 10.0. The first-order chi connectivity index (χ1) is 14.8. The molecule has 31 heavy (non-hydrogen) atoms. The number of hydrogen-bond donors (Lipinski definition) is 1. The standard InChI is InChI=1S/C24H24FN5O/c1-15-23(16(2)30(28-15)14-17-9-11-18(25)12-10-17)27-24(31)20-13-22(29(3)4)26-21-8-6-5-7-19(20)21/h5-13H,14H2,1-4H3,(H,27,31). The molecule has 0 bridgehead atoms. The van der Waals surface area contributed by atoms with Crippen LogP contribution in [0.1, 0.15) is 27.3 Å². The Kier molecular flexibility index (Phi) is 5.42. The first-order valence-corrected chi connectivity index (χ1v) is 10.0. The number of rotatable bonds is 5. The van der Waals surface area contributed by atoms with Gasteiger partial charge >= 0.3 is 0 Å². The highest BCUT2D eigenvalue weighted by Crippen LogP contribution is 2.26. The molecular formula is C24H24FN5O. The molecular weight excluding hydrogens is 393 g/mol. The predicted molar refractivity (Wildman–Crippen MR) is 121 cm³/mol. The first kappa shape index (κ1) is 20.5. The molecule has 2 aromatic heterocycles. The van der Waals surface area contributed by atoms with Crippen molar-refractivity contribution in [3.8, 4) is 0 Å². The molecule has 2 heterocycles. The predicted octanol–water partition coefficient (Wildman–Crippen LogP) is 4.55. The van der Waals surface area contributed by atoms with Crippen molar-refractivity contribution >= 4 is 28.3 Å². The van der Waals surface area contributed by atoms with Crippen LogP contribution in [0.3, 0.4) is 0 Å². The van der Waals surface area contributed by atoms with Gasteiger partial charge < -0.3 is 10.2 Å². The van der Waals surface area contributed by atoms with Gasteiger partial charge in [-0.25, -0.2) is 9.37 Å². The smallest absolute Gasteiger partial charge is 0.256 e. The van der Waals surface area contributed by atoms with Gasteiger partial charge in [0.2, 0.25) is 0 Å². The van der Waals surface area contributed by atoms with Crippen LogP contribution in [0.2, 0.25) is 0 Å². The number of benzene rings is 2. The third kappa shape index (κ3) is 4.12. The van der Waals surface area contributed by atoms with Gasteiger partial charge in [0.05, 0.1) is 34.7 Å². The van der Waals surface area contributed by atoms with Crippen molar-refractivity contribution in [1.29, 1.82) is 0 Å². The molecule has 0 spiro atoms. The molecule has 1 N–H and O–H groups in total. The normalized spacial score (nSPS) is 11.0. The van der Waals surface area contributed by atoms with Crippen molar-refractivity contribution < 1.29 is 9.18 Å². The Bertz CT molecular complexity index is 1260. The van der Waals surface area contributed by atoms with Gasteiger partial charge in [0, 0.05) is 19.5 Å². The summed E-state index contributed by atoms with van der Waals surface area (Å²) in [6.07, 6.45) is 0. The summed E-state index contributed by atoms with van der Waals surface area (Å²) in [5, 5.41) is 8.40. The van der Waals surface area contributed by atoms with Crippen LogP contribution in [-0.2, 0) is 6.54 Å². The second kappa shape index (κ2) is 8.18. The van der Waals surface area contributed by atoms with E-state index in [2.05, 4.69) is 15.4 Å². The topological polar surface area (TPSA) is 63.1 Å². The fourth-order valence-corrected chi connectivity index (χ4v) is 3.55. The van der Waals surface area contributed by atoms with E-state index in [-0.39, 0.29) is 11.7 Å². The summed E-state index contributed by atoms with van der Waals surface area (Å²) in [6.45, 7) is 4.26. The molecule has 0 aliphatic carbocycles. The zero-order chi connectivity index (χ0) is 22.1. The van der Waals surface area contributed by atoms with Crippen LogP contribution < -0.4 is 10.2 Å². The Morgan fingerprint density at radius 2 is 1.81 bits per heavy atom. The zero-order valence-corrected chi connectivity index (χ0v) is 18.0. The number of halogens is 1. The summed E-state index contributed by atoms with van der Waals surface area (Å²) < 4.78 is 15.0. The highest BCUT2D eigenvalue weighted by Gasteiger charge is 2.18. The van der Waals surface area contributed by atoms with Crippen LogP contribution in [0.15, 0.2) is 54.6 Å². The van der Waals surface area contributed by atoms with Gasteiger partial charge in [0.25, 0.3) is 5.91 Å². The number of anilines is 2. The monoisotopic (exact) mass is 417 g/mol. The lowest BCUT2D eigenvalue weighted by atomic mass is 10.1. The largest absolute Gasteiger partial charge is 0.363 e. The van der Waals surface area contributed by atoms with E-state index in [1.54, 1.807) is 18.2 Å². The van der Waals surface area contributed by atoms with Crippen molar-refractivity contribution in [2.75, 3.05) is 24.3 Å². The number of pyridine rings is 1. The minimum absolute atomic E-state index is 0.214. The van der Waals surface area contributed by atoms with Gasteiger partial charge in [-0.05, 0) is 43.7 Å². The number of carbonyl (C=O) groups excluding carboxylic acids is 1. The van der Waals surface area contributed by atoms with Crippen molar-refractivity contribution in [2.45, 2.75) is 20.4 Å². The van der Waals surface area contributed by atoms with Crippen LogP contribution in [-0.4, -0.2) is 34.8 Å². The maximum absolute atomic E-state index is 13.3. The van der Waals surface area contributed by atoms with E-state index in [1.807, 2.05) is 61.8 Å². The van der Waals surface area contributed by atoms with Gasteiger partial charge in [0.1, 0.15) is 11.6 Å². The molecule has 0 saturated carbocycles. The number of nitrogens with one attached hydrogen (secondary N) is 1. The van der Waals surface area contributed by atoms with Crippen molar-refractivity contribution in [1.82, 2.24) is 14.8 Å². The average molecular weight is 417 g/mol. The molecule has 2 aromatic carbocycles. The molecule has 6 nitrogen and oxygen atoms in total. The van der Waals surface area contributed by atoms with Gasteiger partial charge in [-0.15, -0.1) is 0 Å². The molecule has 158 valence electrons. The number of nitrogens with zero attached hydrogens (tertiary/aromatic N) is 4. The maximum Gasteiger partial charge on any atom is 0.256 e. The molecule has 0 saturated heterocycles. The summed E-state index contributed by atoms with van der Waals surface area (Å²) in [6, 6.07) is 15.7. The molecule has 0 unspecified atom stereocenters. The van der Waals surface area contributed by atoms with Crippen LogP contribution in [0, 0.1) is 19.7 Å². The molecule has 0 fully saturated rings. The van der Waals surface area contributed by atoms with Gasteiger partial charge in [0.15, 0.2) is 0 Å². The van der Waals surface area contributed by atoms with E-state index in [9.17, 15) is 9.18 Å². The van der Waals surface area contributed by atoms with E-state index >= 15 is 0 Å². The Balaban J connectivity index is 1.66. The second-order valence-corrected chi connectivity index (χ2v) is 7.72. The maximum atomic E-state index is 13.3. The van der Waals surface area contributed by atoms with E-state index in [1.165, 1.54) is 12.1 Å². The van der Waals surface area contributed by atoms with Crippen LogP contribution in [0.4, 0.5) is 15.9 Å². The van der Waals surface area contributed by atoms with Gasteiger partial charge in [-0.1, -0.05) is 30.3 Å². The average Bonchev–Trinajstić information content (AvgIpc) is 3.01. The van der Waals surface area contributed by atoms with Crippen LogP contribution >= 0.6 is 0 Å². The minimum Gasteiger partial charge on any atom is -0.363 e. The Morgan fingerprint density at radius 3 is 2.52 bits per heavy atom. The molecule has 4 aromatic rings. The number of hydrogen-bond acceptors (Lipinski definition) is 4.